The van der Waals surface area contributed by atoms with Gasteiger partial charge >= 0.3 is 11.9 Å². The van der Waals surface area contributed by atoms with Crippen LogP contribution in [0.4, 0.5) is 0 Å². The molecule has 0 spiro atoms. The Balaban J connectivity index is 1.90. The summed E-state index contributed by atoms with van der Waals surface area (Å²) in [4.78, 5) is 35.6. The molecule has 0 bridgehead atoms. The van der Waals surface area contributed by atoms with Crippen LogP contribution in [0.2, 0.25) is 0 Å². The molecule has 0 aliphatic rings. The topological polar surface area (TPSA) is 69.7 Å². The maximum absolute atomic E-state index is 12.1. The first-order chi connectivity index (χ1) is 12.0. The molecular weight excluding hydrogens is 320 g/mol. The van der Waals surface area contributed by atoms with E-state index >= 15 is 0 Å². The van der Waals surface area contributed by atoms with E-state index in [1.165, 1.54) is 6.07 Å². The molecule has 0 unspecified atom stereocenters. The van der Waals surface area contributed by atoms with Crippen molar-refractivity contribution in [2.45, 2.75) is 26.7 Å². The van der Waals surface area contributed by atoms with Crippen LogP contribution in [0.25, 0.3) is 0 Å². The summed E-state index contributed by atoms with van der Waals surface area (Å²) >= 11 is 0. The lowest BCUT2D eigenvalue weighted by atomic mass is 10.1. The number of Topliss-reactive ketones (excluding diaryl/α,β-unsaturated/α-hetero) is 1. The minimum Gasteiger partial charge on any atom is -0.462 e. The van der Waals surface area contributed by atoms with Crippen molar-refractivity contribution in [2.24, 2.45) is 0 Å². The Labute approximate surface area is 146 Å². The molecule has 25 heavy (non-hydrogen) atoms. The number of benzene rings is 2. The molecule has 0 aliphatic heterocycles. The number of hydrogen-bond acceptors (Lipinski definition) is 5. The second-order valence-corrected chi connectivity index (χ2v) is 5.51. The third kappa shape index (κ3) is 5.57. The second kappa shape index (κ2) is 8.78. The third-order valence-electron chi connectivity index (χ3n) is 3.51. The van der Waals surface area contributed by atoms with Gasteiger partial charge in [-0.15, -0.1) is 0 Å². The van der Waals surface area contributed by atoms with Crippen molar-refractivity contribution >= 4 is 17.7 Å². The van der Waals surface area contributed by atoms with Gasteiger partial charge in [-0.05, 0) is 32.0 Å². The van der Waals surface area contributed by atoms with Crippen LogP contribution in [0.3, 0.4) is 0 Å². The quantitative estimate of drug-likeness (QED) is 0.436. The number of aryl methyl sites for hydroxylation is 1. The lowest BCUT2D eigenvalue weighted by Gasteiger charge is -2.06. The minimum atomic E-state index is -0.526. The zero-order chi connectivity index (χ0) is 18.2. The molecule has 0 radical (unpaired) electrons. The van der Waals surface area contributed by atoms with Crippen LogP contribution in [-0.4, -0.2) is 24.3 Å². The first-order valence-electron chi connectivity index (χ1n) is 8.07. The molecule has 2 aromatic carbocycles. The van der Waals surface area contributed by atoms with Crippen molar-refractivity contribution in [1.82, 2.24) is 0 Å². The number of ether oxygens (including phenoxy) is 2. The van der Waals surface area contributed by atoms with E-state index in [1.54, 1.807) is 37.3 Å². The molecule has 130 valence electrons. The molecule has 0 fully saturated rings. The van der Waals surface area contributed by atoms with Gasteiger partial charge in [0.2, 0.25) is 0 Å². The zero-order valence-electron chi connectivity index (χ0n) is 14.3. The summed E-state index contributed by atoms with van der Waals surface area (Å²) in [6, 6.07) is 13.4. The molecule has 5 heteroatoms. The van der Waals surface area contributed by atoms with Gasteiger partial charge < -0.3 is 9.47 Å². The predicted octanol–water partition coefficient (Wildman–Crippen LogP) is 3.74. The molecule has 0 saturated heterocycles. The average Bonchev–Trinajstić information content (AvgIpc) is 2.61. The number of ketones is 1. The van der Waals surface area contributed by atoms with Crippen molar-refractivity contribution in [2.75, 3.05) is 6.61 Å². The van der Waals surface area contributed by atoms with E-state index in [9.17, 15) is 14.4 Å². The van der Waals surface area contributed by atoms with Crippen LogP contribution in [0.15, 0.2) is 48.5 Å². The highest BCUT2D eigenvalue weighted by molar-refractivity contribution is 5.97. The van der Waals surface area contributed by atoms with Crippen molar-refractivity contribution in [1.29, 1.82) is 0 Å². The maximum atomic E-state index is 12.1. The highest BCUT2D eigenvalue weighted by atomic mass is 16.5. The Hall–Kier alpha value is -2.95. The van der Waals surface area contributed by atoms with Gasteiger partial charge in [-0.2, -0.15) is 0 Å². The third-order valence-corrected chi connectivity index (χ3v) is 3.51. The monoisotopic (exact) mass is 340 g/mol. The number of esters is 2. The Bertz CT molecular complexity index is 762. The summed E-state index contributed by atoms with van der Waals surface area (Å²) in [6.07, 6.45) is 0.0375. The van der Waals surface area contributed by atoms with E-state index in [4.69, 9.17) is 9.47 Å². The van der Waals surface area contributed by atoms with E-state index in [2.05, 4.69) is 0 Å². The van der Waals surface area contributed by atoms with Crippen LogP contribution >= 0.6 is 0 Å². The number of carbonyl (C=O) groups excluding carboxylic acids is 3. The minimum absolute atomic E-state index is 0.0314. The van der Waals surface area contributed by atoms with Gasteiger partial charge in [-0.25, -0.2) is 4.79 Å². The smallest absolute Gasteiger partial charge is 0.338 e. The fraction of sp³-hybridized carbons (Fsp3) is 0.250. The summed E-state index contributed by atoms with van der Waals surface area (Å²) in [5, 5.41) is 0. The van der Waals surface area contributed by atoms with Crippen molar-refractivity contribution in [3.05, 3.63) is 65.2 Å². The molecule has 0 atom stereocenters. The molecule has 0 amide bonds. The number of carbonyl (C=O) groups is 3. The molecule has 0 N–H and O–H groups in total. The van der Waals surface area contributed by atoms with E-state index in [-0.39, 0.29) is 31.0 Å². The Morgan fingerprint density at radius 1 is 0.920 bits per heavy atom. The largest absolute Gasteiger partial charge is 0.462 e. The normalized spacial score (nSPS) is 10.2. The van der Waals surface area contributed by atoms with Crippen LogP contribution < -0.4 is 4.74 Å². The van der Waals surface area contributed by atoms with Gasteiger partial charge in [0.25, 0.3) is 0 Å². The van der Waals surface area contributed by atoms with Crippen LogP contribution in [0.5, 0.6) is 5.75 Å². The van der Waals surface area contributed by atoms with Crippen molar-refractivity contribution in [3.63, 3.8) is 0 Å². The molecule has 5 nitrogen and oxygen atoms in total. The van der Waals surface area contributed by atoms with Gasteiger partial charge in [0.1, 0.15) is 5.75 Å². The molecule has 2 aromatic rings. The van der Waals surface area contributed by atoms with E-state index in [1.807, 2.05) is 19.1 Å². The first kappa shape index (κ1) is 18.4. The number of rotatable bonds is 7. The Morgan fingerprint density at radius 3 is 2.32 bits per heavy atom. The van der Waals surface area contributed by atoms with Gasteiger partial charge in [0.15, 0.2) is 5.78 Å². The van der Waals surface area contributed by atoms with Crippen molar-refractivity contribution in [3.8, 4) is 5.75 Å². The summed E-state index contributed by atoms with van der Waals surface area (Å²) in [5.74, 6) is -0.869. The first-order valence-corrected chi connectivity index (χ1v) is 8.07. The van der Waals surface area contributed by atoms with Crippen LogP contribution in [-0.2, 0) is 9.53 Å². The van der Waals surface area contributed by atoms with E-state index < -0.39 is 11.9 Å². The molecule has 2 rings (SSSR count). The molecule has 0 heterocycles. The predicted molar refractivity (Wildman–Crippen MR) is 92.8 cm³/mol. The fourth-order valence-corrected chi connectivity index (χ4v) is 2.18. The highest BCUT2D eigenvalue weighted by Gasteiger charge is 2.13. The summed E-state index contributed by atoms with van der Waals surface area (Å²) in [5.41, 5.74) is 1.95. The molecule has 0 saturated carbocycles. The maximum Gasteiger partial charge on any atom is 0.338 e. The van der Waals surface area contributed by atoms with Gasteiger partial charge in [-0.3, -0.25) is 9.59 Å². The SMILES string of the molecule is CCOC(=O)c1cccc(OC(=O)CCC(=O)c2ccc(C)cc2)c1. The van der Waals surface area contributed by atoms with Crippen LogP contribution in [0, 0.1) is 6.92 Å². The fourth-order valence-electron chi connectivity index (χ4n) is 2.18. The standard InChI is InChI=1S/C20H20O5/c1-3-24-20(23)16-5-4-6-17(13-16)25-19(22)12-11-18(21)15-9-7-14(2)8-10-15/h4-10,13H,3,11-12H2,1-2H3. The lowest BCUT2D eigenvalue weighted by Crippen LogP contribution is -2.11. The van der Waals surface area contributed by atoms with Crippen molar-refractivity contribution < 1.29 is 23.9 Å². The second-order valence-electron chi connectivity index (χ2n) is 5.51. The molecule has 0 aliphatic carbocycles. The zero-order valence-corrected chi connectivity index (χ0v) is 14.3. The summed E-state index contributed by atoms with van der Waals surface area (Å²) in [7, 11) is 0. The molecule has 0 aromatic heterocycles. The van der Waals surface area contributed by atoms with Crippen LogP contribution in [0.1, 0.15) is 46.0 Å². The van der Waals surface area contributed by atoms with Gasteiger partial charge in [-0.1, -0.05) is 35.9 Å². The van der Waals surface area contributed by atoms with Gasteiger partial charge in [0, 0.05) is 12.0 Å². The number of hydrogen-bond donors (Lipinski definition) is 0. The Kier molecular flexibility index (Phi) is 6.46. The molecular formula is C20H20O5. The van der Waals surface area contributed by atoms with E-state index in [0.29, 0.717) is 11.1 Å². The summed E-state index contributed by atoms with van der Waals surface area (Å²) < 4.78 is 10.1. The van der Waals surface area contributed by atoms with E-state index in [0.717, 1.165) is 5.56 Å². The summed E-state index contributed by atoms with van der Waals surface area (Å²) in [6.45, 7) is 3.92. The van der Waals surface area contributed by atoms with Gasteiger partial charge in [0.05, 0.1) is 18.6 Å². The lowest BCUT2D eigenvalue weighted by molar-refractivity contribution is -0.134. The average molecular weight is 340 g/mol. The Morgan fingerprint density at radius 2 is 1.64 bits per heavy atom. The highest BCUT2D eigenvalue weighted by Crippen LogP contribution is 2.16.